The van der Waals surface area contributed by atoms with Crippen LogP contribution >= 0.6 is 0 Å². The quantitative estimate of drug-likeness (QED) is 0.534. The molecule has 0 bridgehead atoms. The van der Waals surface area contributed by atoms with Crippen LogP contribution < -0.4 is 11.1 Å². The van der Waals surface area contributed by atoms with E-state index in [4.69, 9.17) is 10.8 Å². The number of rotatable bonds is 7. The Morgan fingerprint density at radius 1 is 1.33 bits per heavy atom. The van der Waals surface area contributed by atoms with Gasteiger partial charge in [-0.1, -0.05) is 19.4 Å². The number of guanidine groups is 1. The van der Waals surface area contributed by atoms with Gasteiger partial charge in [0.2, 0.25) is 0 Å². The summed E-state index contributed by atoms with van der Waals surface area (Å²) < 4.78 is 0. The van der Waals surface area contributed by atoms with E-state index in [0.29, 0.717) is 18.4 Å². The van der Waals surface area contributed by atoms with Crippen molar-refractivity contribution in [2.24, 2.45) is 16.6 Å². The molecule has 4 N–H and O–H groups in total. The second-order valence-electron chi connectivity index (χ2n) is 5.85. The summed E-state index contributed by atoms with van der Waals surface area (Å²) in [5, 5.41) is 12.2. The number of aliphatic hydroxyl groups is 1. The molecular weight excluding hydrogens is 262 g/mol. The standard InChI is InChI=1S/C17H27N3O/c1-2-4-13(9-10-21)12-19-17(18)20-16-8-7-14-5-3-6-15(14)11-16/h7-8,11,13,21H,2-6,9-10,12H2,1H3,(H3,18,19,20). The molecule has 0 amide bonds. The molecule has 0 saturated heterocycles. The highest BCUT2D eigenvalue weighted by atomic mass is 16.3. The molecule has 0 radical (unpaired) electrons. The van der Waals surface area contributed by atoms with E-state index in [-0.39, 0.29) is 6.61 Å². The molecule has 1 aliphatic carbocycles. The fraction of sp³-hybridized carbons (Fsp3) is 0.588. The minimum atomic E-state index is 0.221. The minimum Gasteiger partial charge on any atom is -0.396 e. The molecule has 116 valence electrons. The summed E-state index contributed by atoms with van der Waals surface area (Å²) in [6.07, 6.45) is 6.59. The van der Waals surface area contributed by atoms with Gasteiger partial charge in [-0.3, -0.25) is 4.99 Å². The first-order chi connectivity index (χ1) is 10.2. The number of fused-ring (bicyclic) bond motifs is 1. The monoisotopic (exact) mass is 289 g/mol. The van der Waals surface area contributed by atoms with E-state index in [9.17, 15) is 0 Å². The van der Waals surface area contributed by atoms with Gasteiger partial charge in [-0.2, -0.15) is 0 Å². The van der Waals surface area contributed by atoms with E-state index in [0.717, 1.165) is 31.4 Å². The van der Waals surface area contributed by atoms with Crippen LogP contribution in [0.3, 0.4) is 0 Å². The van der Waals surface area contributed by atoms with Crippen LogP contribution in [0.4, 0.5) is 5.69 Å². The van der Waals surface area contributed by atoms with Crippen LogP contribution in [-0.4, -0.2) is 24.2 Å². The number of aliphatic hydroxyl groups excluding tert-OH is 1. The third kappa shape index (κ3) is 4.74. The summed E-state index contributed by atoms with van der Waals surface area (Å²) in [5.41, 5.74) is 9.88. The molecule has 21 heavy (non-hydrogen) atoms. The Labute approximate surface area is 127 Å². The normalized spacial score (nSPS) is 15.8. The highest BCUT2D eigenvalue weighted by Crippen LogP contribution is 2.24. The van der Waals surface area contributed by atoms with Crippen molar-refractivity contribution in [2.45, 2.75) is 45.4 Å². The molecule has 1 unspecified atom stereocenters. The van der Waals surface area contributed by atoms with Crippen molar-refractivity contribution in [1.29, 1.82) is 0 Å². The smallest absolute Gasteiger partial charge is 0.193 e. The maximum absolute atomic E-state index is 9.06. The summed E-state index contributed by atoms with van der Waals surface area (Å²) in [4.78, 5) is 4.42. The molecule has 2 rings (SSSR count). The third-order valence-corrected chi connectivity index (χ3v) is 4.13. The van der Waals surface area contributed by atoms with Gasteiger partial charge in [0, 0.05) is 18.8 Å². The maximum Gasteiger partial charge on any atom is 0.193 e. The zero-order valence-corrected chi connectivity index (χ0v) is 12.9. The molecule has 1 aliphatic rings. The van der Waals surface area contributed by atoms with E-state index in [1.54, 1.807) is 0 Å². The number of benzene rings is 1. The van der Waals surface area contributed by atoms with Crippen LogP contribution in [-0.2, 0) is 12.8 Å². The lowest BCUT2D eigenvalue weighted by Gasteiger charge is -2.13. The van der Waals surface area contributed by atoms with Crippen LogP contribution in [0.1, 0.15) is 43.7 Å². The molecule has 0 saturated carbocycles. The van der Waals surface area contributed by atoms with E-state index in [1.165, 1.54) is 24.0 Å². The van der Waals surface area contributed by atoms with Crippen LogP contribution in [0.2, 0.25) is 0 Å². The number of hydrogen-bond acceptors (Lipinski definition) is 2. The lowest BCUT2D eigenvalue weighted by molar-refractivity contribution is 0.253. The Bertz CT molecular complexity index is 479. The predicted molar refractivity (Wildman–Crippen MR) is 88.7 cm³/mol. The highest BCUT2D eigenvalue weighted by molar-refractivity contribution is 5.92. The van der Waals surface area contributed by atoms with Crippen molar-refractivity contribution in [3.8, 4) is 0 Å². The molecule has 1 atom stereocenters. The molecule has 4 nitrogen and oxygen atoms in total. The Morgan fingerprint density at radius 3 is 2.90 bits per heavy atom. The topological polar surface area (TPSA) is 70.6 Å². The van der Waals surface area contributed by atoms with Crippen molar-refractivity contribution in [1.82, 2.24) is 0 Å². The third-order valence-electron chi connectivity index (χ3n) is 4.13. The lowest BCUT2D eigenvalue weighted by atomic mass is 10.0. The summed E-state index contributed by atoms with van der Waals surface area (Å²) in [7, 11) is 0. The zero-order valence-electron chi connectivity index (χ0n) is 12.9. The van der Waals surface area contributed by atoms with Crippen molar-refractivity contribution < 1.29 is 5.11 Å². The van der Waals surface area contributed by atoms with Crippen LogP contribution in [0.25, 0.3) is 0 Å². The second kappa shape index (κ2) is 8.03. The first kappa shape index (κ1) is 15.8. The Morgan fingerprint density at radius 2 is 2.14 bits per heavy atom. The Kier molecular flexibility index (Phi) is 6.05. The molecule has 1 aromatic carbocycles. The van der Waals surface area contributed by atoms with Crippen LogP contribution in [0.15, 0.2) is 23.2 Å². The first-order valence-electron chi connectivity index (χ1n) is 8.02. The number of nitrogens with zero attached hydrogens (tertiary/aromatic N) is 1. The van der Waals surface area contributed by atoms with Gasteiger partial charge < -0.3 is 16.2 Å². The van der Waals surface area contributed by atoms with E-state index in [1.807, 2.05) is 0 Å². The fourth-order valence-corrected chi connectivity index (χ4v) is 2.98. The molecular formula is C17H27N3O. The maximum atomic E-state index is 9.06. The Balaban J connectivity index is 1.90. The fourth-order valence-electron chi connectivity index (χ4n) is 2.98. The summed E-state index contributed by atoms with van der Waals surface area (Å²) >= 11 is 0. The number of aryl methyl sites for hydroxylation is 2. The summed E-state index contributed by atoms with van der Waals surface area (Å²) in [6.45, 7) is 3.05. The lowest BCUT2D eigenvalue weighted by Crippen LogP contribution is -2.24. The highest BCUT2D eigenvalue weighted by Gasteiger charge is 2.11. The van der Waals surface area contributed by atoms with Gasteiger partial charge in [0.25, 0.3) is 0 Å². The van der Waals surface area contributed by atoms with E-state index in [2.05, 4.69) is 35.4 Å². The molecule has 4 heteroatoms. The van der Waals surface area contributed by atoms with Gasteiger partial charge in [0.05, 0.1) is 0 Å². The summed E-state index contributed by atoms with van der Waals surface area (Å²) in [6, 6.07) is 6.44. The average Bonchev–Trinajstić information content (AvgIpc) is 2.93. The van der Waals surface area contributed by atoms with Gasteiger partial charge in [-0.05, 0) is 61.3 Å². The number of nitrogens with one attached hydrogen (secondary N) is 1. The minimum absolute atomic E-state index is 0.221. The van der Waals surface area contributed by atoms with Gasteiger partial charge >= 0.3 is 0 Å². The second-order valence-corrected chi connectivity index (χ2v) is 5.85. The predicted octanol–water partition coefficient (Wildman–Crippen LogP) is 2.70. The molecule has 0 aromatic heterocycles. The first-order valence-corrected chi connectivity index (χ1v) is 8.02. The number of aliphatic imine (C=N–C) groups is 1. The molecule has 0 aliphatic heterocycles. The average molecular weight is 289 g/mol. The van der Waals surface area contributed by atoms with Crippen molar-refractivity contribution >= 4 is 11.6 Å². The Hall–Kier alpha value is -1.55. The SMILES string of the molecule is CCCC(CCO)CN=C(N)Nc1ccc2c(c1)CCC2. The molecule has 0 fully saturated rings. The van der Waals surface area contributed by atoms with E-state index < -0.39 is 0 Å². The van der Waals surface area contributed by atoms with Crippen molar-refractivity contribution in [3.05, 3.63) is 29.3 Å². The number of anilines is 1. The molecule has 0 spiro atoms. The van der Waals surface area contributed by atoms with E-state index >= 15 is 0 Å². The van der Waals surface area contributed by atoms with Gasteiger partial charge in [-0.15, -0.1) is 0 Å². The van der Waals surface area contributed by atoms with Gasteiger partial charge in [0.1, 0.15) is 0 Å². The number of hydrogen-bond donors (Lipinski definition) is 3. The zero-order chi connectivity index (χ0) is 15.1. The molecule has 0 heterocycles. The molecule has 1 aromatic rings. The van der Waals surface area contributed by atoms with Crippen molar-refractivity contribution in [2.75, 3.05) is 18.5 Å². The van der Waals surface area contributed by atoms with Crippen molar-refractivity contribution in [3.63, 3.8) is 0 Å². The number of nitrogens with two attached hydrogens (primary N) is 1. The van der Waals surface area contributed by atoms with Gasteiger partial charge in [-0.25, -0.2) is 0 Å². The largest absolute Gasteiger partial charge is 0.396 e. The summed E-state index contributed by atoms with van der Waals surface area (Å²) in [5.74, 6) is 0.882. The van der Waals surface area contributed by atoms with Crippen LogP contribution in [0.5, 0.6) is 0 Å². The van der Waals surface area contributed by atoms with Gasteiger partial charge in [0.15, 0.2) is 5.96 Å². The van der Waals surface area contributed by atoms with Crippen LogP contribution in [0, 0.1) is 5.92 Å².